The molecule has 0 heterocycles. The predicted molar refractivity (Wildman–Crippen MR) is 50.3 cm³/mol. The molecule has 0 unspecified atom stereocenters. The molecular weight excluding hydrogens is 181 g/mol. The Balaban J connectivity index is 3.46. The van der Waals surface area contributed by atoms with Crippen molar-refractivity contribution in [2.75, 3.05) is 5.73 Å². The van der Waals surface area contributed by atoms with E-state index in [0.717, 1.165) is 11.1 Å². The molecule has 3 heteroatoms. The zero-order valence-electron chi connectivity index (χ0n) is 6.41. The SMILES string of the molecule is Cc1cc(N)c(C)c(Cl)c1Cl. The van der Waals surface area contributed by atoms with Gasteiger partial charge in [0.05, 0.1) is 10.0 Å². The van der Waals surface area contributed by atoms with E-state index in [4.69, 9.17) is 28.9 Å². The van der Waals surface area contributed by atoms with Crippen LogP contribution < -0.4 is 5.73 Å². The minimum absolute atomic E-state index is 0.559. The molecular formula is C8H9Cl2N. The normalized spacial score (nSPS) is 10.2. The first-order valence-corrected chi connectivity index (χ1v) is 4.00. The lowest BCUT2D eigenvalue weighted by molar-refractivity contribution is 1.40. The Bertz CT molecular complexity index is 268. The molecule has 2 N–H and O–H groups in total. The third kappa shape index (κ3) is 1.44. The third-order valence-electron chi connectivity index (χ3n) is 1.67. The highest BCUT2D eigenvalue weighted by atomic mass is 35.5. The maximum Gasteiger partial charge on any atom is 0.0644 e. The quantitative estimate of drug-likeness (QED) is 0.624. The van der Waals surface area contributed by atoms with Crippen molar-refractivity contribution in [3.63, 3.8) is 0 Å². The average Bonchev–Trinajstić information content (AvgIpc) is 1.97. The lowest BCUT2D eigenvalue weighted by Crippen LogP contribution is -1.92. The highest BCUT2D eigenvalue weighted by molar-refractivity contribution is 6.43. The maximum absolute atomic E-state index is 5.88. The molecule has 0 aliphatic heterocycles. The lowest BCUT2D eigenvalue weighted by Gasteiger charge is -2.06. The monoisotopic (exact) mass is 189 g/mol. The van der Waals surface area contributed by atoms with Gasteiger partial charge in [0.1, 0.15) is 0 Å². The molecule has 0 atom stereocenters. The molecule has 0 bridgehead atoms. The number of benzene rings is 1. The Morgan fingerprint density at radius 2 is 1.73 bits per heavy atom. The van der Waals surface area contributed by atoms with E-state index < -0.39 is 0 Å². The molecule has 0 aliphatic carbocycles. The largest absolute Gasteiger partial charge is 0.398 e. The Morgan fingerprint density at radius 3 is 2.27 bits per heavy atom. The van der Waals surface area contributed by atoms with Gasteiger partial charge < -0.3 is 5.73 Å². The van der Waals surface area contributed by atoms with Crippen LogP contribution in [0, 0.1) is 13.8 Å². The van der Waals surface area contributed by atoms with Crippen LogP contribution in [0.25, 0.3) is 0 Å². The van der Waals surface area contributed by atoms with E-state index in [0.29, 0.717) is 15.7 Å². The second-order valence-electron chi connectivity index (χ2n) is 2.54. The van der Waals surface area contributed by atoms with Crippen molar-refractivity contribution >= 4 is 28.9 Å². The number of anilines is 1. The number of aryl methyl sites for hydroxylation is 1. The molecule has 1 nitrogen and oxygen atoms in total. The first kappa shape index (κ1) is 8.69. The van der Waals surface area contributed by atoms with Gasteiger partial charge in [-0.3, -0.25) is 0 Å². The smallest absolute Gasteiger partial charge is 0.0644 e. The number of nitrogens with two attached hydrogens (primary N) is 1. The van der Waals surface area contributed by atoms with Crippen LogP contribution in [0.2, 0.25) is 10.0 Å². The standard InChI is InChI=1S/C8H9Cl2N/c1-4-3-6(11)5(2)8(10)7(4)9/h3H,11H2,1-2H3. The summed E-state index contributed by atoms with van der Waals surface area (Å²) in [5, 5.41) is 1.16. The molecule has 0 saturated heterocycles. The first-order valence-electron chi connectivity index (χ1n) is 3.24. The van der Waals surface area contributed by atoms with Crippen LogP contribution in [0.3, 0.4) is 0 Å². The molecule has 0 aromatic heterocycles. The molecule has 1 aromatic rings. The number of rotatable bonds is 0. The van der Waals surface area contributed by atoms with E-state index >= 15 is 0 Å². The van der Waals surface area contributed by atoms with Gasteiger partial charge in [0.15, 0.2) is 0 Å². The molecule has 11 heavy (non-hydrogen) atoms. The Hall–Kier alpha value is -0.400. The summed E-state index contributed by atoms with van der Waals surface area (Å²) in [5.41, 5.74) is 8.10. The summed E-state index contributed by atoms with van der Waals surface area (Å²) >= 11 is 11.7. The van der Waals surface area contributed by atoms with Crippen LogP contribution in [-0.2, 0) is 0 Å². The van der Waals surface area contributed by atoms with Crippen LogP contribution in [0.15, 0.2) is 6.07 Å². The van der Waals surface area contributed by atoms with E-state index in [-0.39, 0.29) is 0 Å². The van der Waals surface area contributed by atoms with Crippen molar-refractivity contribution < 1.29 is 0 Å². The van der Waals surface area contributed by atoms with Crippen molar-refractivity contribution in [2.24, 2.45) is 0 Å². The third-order valence-corrected chi connectivity index (χ3v) is 2.73. The lowest BCUT2D eigenvalue weighted by atomic mass is 10.1. The van der Waals surface area contributed by atoms with Crippen molar-refractivity contribution in [1.29, 1.82) is 0 Å². The van der Waals surface area contributed by atoms with Crippen molar-refractivity contribution in [3.8, 4) is 0 Å². The molecule has 0 aliphatic rings. The fourth-order valence-electron chi connectivity index (χ4n) is 0.869. The van der Waals surface area contributed by atoms with Crippen molar-refractivity contribution in [2.45, 2.75) is 13.8 Å². The second kappa shape index (κ2) is 2.92. The Labute approximate surface area is 76.1 Å². The van der Waals surface area contributed by atoms with E-state index in [2.05, 4.69) is 0 Å². The topological polar surface area (TPSA) is 26.0 Å². The van der Waals surface area contributed by atoms with Gasteiger partial charge in [-0.2, -0.15) is 0 Å². The molecule has 0 fully saturated rings. The summed E-state index contributed by atoms with van der Waals surface area (Å²) in [7, 11) is 0. The fraction of sp³-hybridized carbons (Fsp3) is 0.250. The van der Waals surface area contributed by atoms with Crippen LogP contribution in [0.1, 0.15) is 11.1 Å². The summed E-state index contributed by atoms with van der Waals surface area (Å²) < 4.78 is 0. The van der Waals surface area contributed by atoms with Gasteiger partial charge >= 0.3 is 0 Å². The predicted octanol–water partition coefficient (Wildman–Crippen LogP) is 3.19. The van der Waals surface area contributed by atoms with Gasteiger partial charge in [0, 0.05) is 5.69 Å². The van der Waals surface area contributed by atoms with Crippen molar-refractivity contribution in [1.82, 2.24) is 0 Å². The van der Waals surface area contributed by atoms with E-state index in [9.17, 15) is 0 Å². The van der Waals surface area contributed by atoms with Crippen LogP contribution in [0.5, 0.6) is 0 Å². The number of nitrogen functional groups attached to an aromatic ring is 1. The molecule has 1 aromatic carbocycles. The number of halogens is 2. The summed E-state index contributed by atoms with van der Waals surface area (Å²) in [5.74, 6) is 0. The zero-order chi connectivity index (χ0) is 8.59. The molecule has 0 spiro atoms. The summed E-state index contributed by atoms with van der Waals surface area (Å²) in [6, 6.07) is 1.82. The highest BCUT2D eigenvalue weighted by Gasteiger charge is 2.06. The summed E-state index contributed by atoms with van der Waals surface area (Å²) in [6.45, 7) is 3.73. The second-order valence-corrected chi connectivity index (χ2v) is 3.29. The van der Waals surface area contributed by atoms with Crippen LogP contribution in [0.4, 0.5) is 5.69 Å². The number of hydrogen-bond acceptors (Lipinski definition) is 1. The van der Waals surface area contributed by atoms with E-state index in [1.165, 1.54) is 0 Å². The first-order chi connectivity index (χ1) is 5.04. The highest BCUT2D eigenvalue weighted by Crippen LogP contribution is 2.32. The van der Waals surface area contributed by atoms with Gasteiger partial charge in [-0.05, 0) is 31.0 Å². The fourth-order valence-corrected chi connectivity index (χ4v) is 1.32. The van der Waals surface area contributed by atoms with Crippen LogP contribution in [-0.4, -0.2) is 0 Å². The van der Waals surface area contributed by atoms with Crippen LogP contribution >= 0.6 is 23.2 Å². The average molecular weight is 190 g/mol. The van der Waals surface area contributed by atoms with Gasteiger partial charge in [0.2, 0.25) is 0 Å². The zero-order valence-corrected chi connectivity index (χ0v) is 7.92. The van der Waals surface area contributed by atoms with E-state index in [1.807, 2.05) is 19.9 Å². The molecule has 0 radical (unpaired) electrons. The van der Waals surface area contributed by atoms with Gasteiger partial charge in [-0.1, -0.05) is 23.2 Å². The van der Waals surface area contributed by atoms with Gasteiger partial charge in [-0.15, -0.1) is 0 Å². The molecule has 60 valence electrons. The van der Waals surface area contributed by atoms with Gasteiger partial charge in [-0.25, -0.2) is 0 Å². The summed E-state index contributed by atoms with van der Waals surface area (Å²) in [6.07, 6.45) is 0. The molecule has 0 amide bonds. The van der Waals surface area contributed by atoms with E-state index in [1.54, 1.807) is 0 Å². The minimum Gasteiger partial charge on any atom is -0.398 e. The molecule has 1 rings (SSSR count). The maximum atomic E-state index is 5.88. The summed E-state index contributed by atoms with van der Waals surface area (Å²) in [4.78, 5) is 0. The van der Waals surface area contributed by atoms with Gasteiger partial charge in [0.25, 0.3) is 0 Å². The molecule has 0 saturated carbocycles. The number of hydrogen-bond donors (Lipinski definition) is 1. The Kier molecular flexibility index (Phi) is 2.31. The van der Waals surface area contributed by atoms with Crippen molar-refractivity contribution in [3.05, 3.63) is 27.2 Å². The minimum atomic E-state index is 0.559. The Morgan fingerprint density at radius 1 is 1.18 bits per heavy atom.